The summed E-state index contributed by atoms with van der Waals surface area (Å²) in [6.45, 7) is 11.7. The fourth-order valence-corrected chi connectivity index (χ4v) is 7.93. The van der Waals surface area contributed by atoms with Crippen molar-refractivity contribution in [3.05, 3.63) is 116 Å². The first-order chi connectivity index (χ1) is 23.3. The third-order valence-electron chi connectivity index (χ3n) is 8.29. The Morgan fingerprint density at radius 3 is 2.29 bits per heavy atom. The Bertz CT molecular complexity index is 2210. The van der Waals surface area contributed by atoms with Gasteiger partial charge in [0.2, 0.25) is 0 Å². The molecule has 256 valence electrons. The van der Waals surface area contributed by atoms with Gasteiger partial charge in [-0.2, -0.15) is 8.42 Å². The summed E-state index contributed by atoms with van der Waals surface area (Å²) in [4.78, 5) is 18.7. The van der Waals surface area contributed by atoms with E-state index in [4.69, 9.17) is 15.5 Å². The fourth-order valence-electron chi connectivity index (χ4n) is 5.58. The molecule has 0 aliphatic heterocycles. The lowest BCUT2D eigenvalue weighted by molar-refractivity contribution is 0.410. The molecule has 5 rings (SSSR count). The number of aryl methyl sites for hydroxylation is 2. The summed E-state index contributed by atoms with van der Waals surface area (Å²) in [7, 11) is -4.14. The number of aliphatic hydroxyl groups is 1. The molecule has 0 bridgehead atoms. The Kier molecular flexibility index (Phi) is 10.7. The molecule has 0 radical (unpaired) electrons. The minimum Gasteiger partial charge on any atom is -0.512 e. The summed E-state index contributed by atoms with van der Waals surface area (Å²) < 4.78 is 38.3. The van der Waals surface area contributed by atoms with Crippen LogP contribution in [-0.2, 0) is 35.8 Å². The Balaban J connectivity index is 1.50. The number of hydrogen-bond donors (Lipinski definition) is 2. The molecule has 0 unspecified atom stereocenters. The van der Waals surface area contributed by atoms with E-state index in [2.05, 4.69) is 30.4 Å². The molecule has 0 aliphatic rings. The van der Waals surface area contributed by atoms with Crippen LogP contribution in [0.5, 0.6) is 11.5 Å². The van der Waals surface area contributed by atoms with Crippen LogP contribution in [0.25, 0.3) is 22.0 Å². The van der Waals surface area contributed by atoms with E-state index in [1.807, 2.05) is 56.3 Å². The monoisotopic (exact) mass is 698 g/mol. The zero-order valence-electron chi connectivity index (χ0n) is 28.6. The second-order valence-electron chi connectivity index (χ2n) is 12.4. The van der Waals surface area contributed by atoms with Gasteiger partial charge in [-0.05, 0) is 85.4 Å². The number of nitrogens with two attached hydrogens (primary N) is 1. The van der Waals surface area contributed by atoms with Crippen LogP contribution < -0.4 is 16.0 Å². The number of rotatable bonds is 12. The van der Waals surface area contributed by atoms with Gasteiger partial charge in [-0.15, -0.1) is 15.7 Å². The number of amidine groups is 1. The van der Waals surface area contributed by atoms with Gasteiger partial charge in [0, 0.05) is 22.9 Å². The summed E-state index contributed by atoms with van der Waals surface area (Å²) >= 11 is 1.04. The van der Waals surface area contributed by atoms with E-state index in [1.54, 1.807) is 16.0 Å². The minimum atomic E-state index is -4.14. The molecule has 11 heteroatoms. The van der Waals surface area contributed by atoms with Crippen LogP contribution in [0.2, 0.25) is 0 Å². The lowest BCUT2D eigenvalue weighted by atomic mass is 10.0. The Labute approximate surface area is 291 Å². The van der Waals surface area contributed by atoms with Crippen LogP contribution >= 0.6 is 11.3 Å². The average molecular weight is 699 g/mol. The van der Waals surface area contributed by atoms with Crippen LogP contribution in [0.1, 0.15) is 64.1 Å². The standard InChI is InChI=1S/C38H42N4O5S2/c1-7-29-20-33-36(32(8-2)40-29)34(47-30-15-11-26(12-16-30)19-23(3)4)21-35(44)42(33)22-27-9-13-28(14-10-27)31-17-18-48-38(31)49(45,46)41-37(39)24(5)25(6)43/h9-18,20-21,23,43H,7-8,19,22H2,1-6H3,(H2,39,41)/b25-24-. The molecule has 3 N–H and O–H groups in total. The Morgan fingerprint density at radius 1 is 1.00 bits per heavy atom. The summed E-state index contributed by atoms with van der Waals surface area (Å²) in [6.07, 6.45) is 2.35. The summed E-state index contributed by atoms with van der Waals surface area (Å²) in [5, 5.41) is 12.2. The summed E-state index contributed by atoms with van der Waals surface area (Å²) in [5.41, 5.74) is 11.6. The minimum absolute atomic E-state index is 0.0469. The quantitative estimate of drug-likeness (QED) is 0.0762. The molecule has 9 nitrogen and oxygen atoms in total. The van der Waals surface area contributed by atoms with Gasteiger partial charge in [-0.1, -0.05) is 64.1 Å². The maximum absolute atomic E-state index is 13.8. The average Bonchev–Trinajstić information content (AvgIpc) is 3.57. The van der Waals surface area contributed by atoms with Crippen molar-refractivity contribution in [2.75, 3.05) is 0 Å². The van der Waals surface area contributed by atoms with E-state index in [0.29, 0.717) is 41.4 Å². The van der Waals surface area contributed by atoms with Crippen molar-refractivity contribution in [3.8, 4) is 22.6 Å². The highest BCUT2D eigenvalue weighted by Crippen LogP contribution is 2.35. The zero-order valence-corrected chi connectivity index (χ0v) is 30.3. The third-order valence-corrected chi connectivity index (χ3v) is 11.0. The first-order valence-electron chi connectivity index (χ1n) is 16.3. The SMILES string of the molecule is CCc1cc2c(c(Oc3ccc(CC(C)C)cc3)cc(=O)n2Cc2ccc(-c3ccsc3S(=O)(=O)/N=C(N)/C(C)=C(/C)O)cc2)c(CC)n1. The maximum atomic E-state index is 13.8. The predicted molar refractivity (Wildman–Crippen MR) is 198 cm³/mol. The van der Waals surface area contributed by atoms with Crippen molar-refractivity contribution in [2.24, 2.45) is 16.0 Å². The first kappa shape index (κ1) is 35.6. The number of allylic oxidation sites excluding steroid dienone is 1. The molecule has 49 heavy (non-hydrogen) atoms. The van der Waals surface area contributed by atoms with Gasteiger partial charge in [0.15, 0.2) is 0 Å². The predicted octanol–water partition coefficient (Wildman–Crippen LogP) is 8.19. The summed E-state index contributed by atoms with van der Waals surface area (Å²) in [6, 6.07) is 20.6. The lowest BCUT2D eigenvalue weighted by Crippen LogP contribution is -2.21. The van der Waals surface area contributed by atoms with Crippen molar-refractivity contribution in [1.82, 2.24) is 9.55 Å². The number of ether oxygens (including phenoxy) is 1. The van der Waals surface area contributed by atoms with Crippen molar-refractivity contribution in [3.63, 3.8) is 0 Å². The topological polar surface area (TPSA) is 137 Å². The van der Waals surface area contributed by atoms with Crippen molar-refractivity contribution < 1.29 is 18.3 Å². The Hall–Kier alpha value is -4.74. The number of aromatic nitrogens is 2. The van der Waals surface area contributed by atoms with Crippen LogP contribution in [-0.4, -0.2) is 28.9 Å². The molecule has 0 amide bonds. The van der Waals surface area contributed by atoms with Gasteiger partial charge in [0.25, 0.3) is 15.6 Å². The van der Waals surface area contributed by atoms with Crippen LogP contribution in [0.3, 0.4) is 0 Å². The van der Waals surface area contributed by atoms with E-state index in [1.165, 1.54) is 25.5 Å². The molecular formula is C38H42N4O5S2. The van der Waals surface area contributed by atoms with E-state index in [9.17, 15) is 18.3 Å². The van der Waals surface area contributed by atoms with Gasteiger partial charge >= 0.3 is 0 Å². The molecule has 0 aliphatic carbocycles. The van der Waals surface area contributed by atoms with Gasteiger partial charge in [0.1, 0.15) is 21.5 Å². The molecule has 5 aromatic rings. The molecule has 0 spiro atoms. The van der Waals surface area contributed by atoms with Gasteiger partial charge < -0.3 is 20.1 Å². The molecule has 0 atom stereocenters. The molecule has 0 saturated heterocycles. The van der Waals surface area contributed by atoms with Crippen LogP contribution in [0.4, 0.5) is 0 Å². The largest absolute Gasteiger partial charge is 0.512 e. The normalized spacial score (nSPS) is 12.8. The van der Waals surface area contributed by atoms with E-state index >= 15 is 0 Å². The summed E-state index contributed by atoms with van der Waals surface area (Å²) in [5.74, 6) is 1.30. The molecule has 0 saturated carbocycles. The van der Waals surface area contributed by atoms with Gasteiger partial charge in [-0.3, -0.25) is 9.78 Å². The van der Waals surface area contributed by atoms with Crippen molar-refractivity contribution in [1.29, 1.82) is 0 Å². The lowest BCUT2D eigenvalue weighted by Gasteiger charge is -2.18. The van der Waals surface area contributed by atoms with E-state index in [0.717, 1.165) is 45.6 Å². The highest BCUT2D eigenvalue weighted by Gasteiger charge is 2.22. The molecule has 2 aromatic carbocycles. The number of benzene rings is 2. The molecule has 0 fully saturated rings. The Morgan fingerprint density at radius 2 is 1.67 bits per heavy atom. The molecule has 3 aromatic heterocycles. The highest BCUT2D eigenvalue weighted by atomic mass is 32.2. The van der Waals surface area contributed by atoms with Crippen molar-refractivity contribution in [2.45, 2.75) is 71.6 Å². The second-order valence-corrected chi connectivity index (χ2v) is 15.1. The fraction of sp³-hybridized carbons (Fsp3) is 0.289. The highest BCUT2D eigenvalue weighted by molar-refractivity contribution is 7.92. The number of sulfonamides is 1. The number of aliphatic hydroxyl groups excluding tert-OH is 1. The first-order valence-corrected chi connectivity index (χ1v) is 18.6. The maximum Gasteiger partial charge on any atom is 0.294 e. The van der Waals surface area contributed by atoms with E-state index < -0.39 is 10.0 Å². The van der Waals surface area contributed by atoms with E-state index in [-0.39, 0.29) is 33.5 Å². The number of thiophene rings is 1. The number of nitrogens with zero attached hydrogens (tertiary/aromatic N) is 3. The van der Waals surface area contributed by atoms with Gasteiger partial charge in [0.05, 0.1) is 28.9 Å². The third kappa shape index (κ3) is 7.95. The molecule has 3 heterocycles. The second kappa shape index (κ2) is 14.8. The van der Waals surface area contributed by atoms with Crippen molar-refractivity contribution >= 4 is 38.1 Å². The number of fused-ring (bicyclic) bond motifs is 1. The van der Waals surface area contributed by atoms with Gasteiger partial charge in [-0.25, -0.2) is 0 Å². The van der Waals surface area contributed by atoms with Crippen LogP contribution in [0, 0.1) is 5.92 Å². The zero-order chi connectivity index (χ0) is 35.5. The molecular weight excluding hydrogens is 657 g/mol. The smallest absolute Gasteiger partial charge is 0.294 e. The van der Waals surface area contributed by atoms with Crippen LogP contribution in [0.15, 0.2) is 96.8 Å². The number of hydrogen-bond acceptors (Lipinski definition) is 7. The number of pyridine rings is 2.